The van der Waals surface area contributed by atoms with Crippen LogP contribution in [-0.2, 0) is 4.79 Å². The van der Waals surface area contributed by atoms with Crippen LogP contribution in [0.15, 0.2) is 41.1 Å². The van der Waals surface area contributed by atoms with Crippen molar-refractivity contribution in [3.63, 3.8) is 0 Å². The van der Waals surface area contributed by atoms with Gasteiger partial charge in [-0.25, -0.2) is 0 Å². The lowest BCUT2D eigenvalue weighted by atomic mass is 10.0. The van der Waals surface area contributed by atoms with Crippen LogP contribution in [0.4, 0.5) is 0 Å². The van der Waals surface area contributed by atoms with E-state index in [1.807, 2.05) is 59.8 Å². The van der Waals surface area contributed by atoms with E-state index in [1.165, 1.54) is 30.3 Å². The molecule has 0 fully saturated rings. The Morgan fingerprint density at radius 1 is 1.10 bits per heavy atom. The molecule has 2 atom stereocenters. The second-order valence-electron chi connectivity index (χ2n) is 7.01. The standard InChI is InChI=1S/C9H16N2O2.C9H14.2C3H8.C2H6/c1-6-4-9(13)11(5-7(2)12)10-8(6)3;1-4-6-8-9(3)7-5-2;2*1-3-2;1-2/h6,9,13H,4-5H2,1-3H3;4-8H,1-3H3;2*3H2,1-2H3;1-2H3/b;6-4+,7-5+,9-8-;;;. The second kappa shape index (κ2) is 27.3. The van der Waals surface area contributed by atoms with Gasteiger partial charge in [0.2, 0.25) is 0 Å². The van der Waals surface area contributed by atoms with Gasteiger partial charge in [-0.1, -0.05) is 97.3 Å². The van der Waals surface area contributed by atoms with E-state index < -0.39 is 6.23 Å². The number of carbonyl (C=O) groups excluding carboxylic acids is 1. The largest absolute Gasteiger partial charge is 0.372 e. The molecule has 2 unspecified atom stereocenters. The number of hydrogen-bond acceptors (Lipinski definition) is 4. The lowest BCUT2D eigenvalue weighted by Gasteiger charge is -2.32. The van der Waals surface area contributed by atoms with Crippen molar-refractivity contribution in [1.82, 2.24) is 5.01 Å². The maximum Gasteiger partial charge on any atom is 0.150 e. The van der Waals surface area contributed by atoms with E-state index in [-0.39, 0.29) is 12.3 Å². The summed E-state index contributed by atoms with van der Waals surface area (Å²) >= 11 is 0. The predicted molar refractivity (Wildman–Crippen MR) is 137 cm³/mol. The van der Waals surface area contributed by atoms with Gasteiger partial charge in [0.15, 0.2) is 5.78 Å². The first kappa shape index (κ1) is 35.7. The molecule has 4 nitrogen and oxygen atoms in total. The summed E-state index contributed by atoms with van der Waals surface area (Å²) in [6, 6.07) is 0. The number of Topliss-reactive ketones (excluding diaryl/α,β-unsaturated/α-hetero) is 1. The maximum atomic E-state index is 10.8. The molecule has 0 bridgehead atoms. The quantitative estimate of drug-likeness (QED) is 0.474. The molecule has 0 amide bonds. The molecule has 1 rings (SSSR count). The van der Waals surface area contributed by atoms with Crippen LogP contribution in [0.25, 0.3) is 0 Å². The maximum absolute atomic E-state index is 10.8. The molecular weight excluding hydrogens is 372 g/mol. The highest BCUT2D eigenvalue weighted by Gasteiger charge is 2.24. The Morgan fingerprint density at radius 2 is 1.57 bits per heavy atom. The average Bonchev–Trinajstić information content (AvgIpc) is 2.68. The normalized spacial score (nSPS) is 18.0. The fraction of sp³-hybridized carbons (Fsp3) is 0.692. The van der Waals surface area contributed by atoms with Gasteiger partial charge in [0.25, 0.3) is 0 Å². The number of aliphatic hydroxyl groups is 1. The van der Waals surface area contributed by atoms with Crippen LogP contribution in [0.1, 0.15) is 102 Å². The van der Waals surface area contributed by atoms with Crippen molar-refractivity contribution in [3.8, 4) is 0 Å². The third-order valence-electron chi connectivity index (χ3n) is 3.27. The summed E-state index contributed by atoms with van der Waals surface area (Å²) in [5.41, 5.74) is 2.27. The van der Waals surface area contributed by atoms with E-state index in [0.717, 1.165) is 5.71 Å². The van der Waals surface area contributed by atoms with Gasteiger partial charge in [-0.3, -0.25) is 9.80 Å². The number of aliphatic hydroxyl groups excluding tert-OH is 1. The number of allylic oxidation sites excluding steroid dienone is 6. The van der Waals surface area contributed by atoms with E-state index in [4.69, 9.17) is 0 Å². The molecule has 1 aliphatic rings. The summed E-state index contributed by atoms with van der Waals surface area (Å²) in [5.74, 6) is 0.323. The van der Waals surface area contributed by atoms with Crippen molar-refractivity contribution < 1.29 is 9.90 Å². The molecule has 1 N–H and O–H groups in total. The molecule has 0 saturated heterocycles. The zero-order chi connectivity index (χ0) is 24.5. The van der Waals surface area contributed by atoms with E-state index in [9.17, 15) is 9.90 Å². The molecule has 0 aromatic heterocycles. The van der Waals surface area contributed by atoms with Gasteiger partial charge in [0.05, 0.1) is 6.54 Å². The number of hydrazone groups is 1. The average molecular weight is 425 g/mol. The zero-order valence-corrected chi connectivity index (χ0v) is 22.1. The lowest BCUT2D eigenvalue weighted by Crippen LogP contribution is -2.41. The minimum Gasteiger partial charge on any atom is -0.372 e. The third-order valence-corrected chi connectivity index (χ3v) is 3.27. The van der Waals surface area contributed by atoms with Gasteiger partial charge < -0.3 is 5.11 Å². The minimum atomic E-state index is -0.609. The molecule has 1 aliphatic heterocycles. The van der Waals surface area contributed by atoms with Crippen LogP contribution >= 0.6 is 0 Å². The summed E-state index contributed by atoms with van der Waals surface area (Å²) < 4.78 is 0. The van der Waals surface area contributed by atoms with Gasteiger partial charge >= 0.3 is 0 Å². The highest BCUT2D eigenvalue weighted by Crippen LogP contribution is 2.18. The van der Waals surface area contributed by atoms with Gasteiger partial charge in [0, 0.05) is 18.1 Å². The molecule has 0 aliphatic carbocycles. The summed E-state index contributed by atoms with van der Waals surface area (Å²) in [6.07, 6.45) is 12.8. The molecule has 0 aromatic rings. The van der Waals surface area contributed by atoms with Crippen LogP contribution in [0, 0.1) is 5.92 Å². The van der Waals surface area contributed by atoms with Crippen molar-refractivity contribution >= 4 is 11.5 Å². The minimum absolute atomic E-state index is 0.0187. The molecule has 1 heterocycles. The summed E-state index contributed by atoms with van der Waals surface area (Å²) in [4.78, 5) is 10.8. The Morgan fingerprint density at radius 3 is 1.93 bits per heavy atom. The highest BCUT2D eigenvalue weighted by atomic mass is 16.3. The molecule has 0 spiro atoms. The van der Waals surface area contributed by atoms with E-state index in [2.05, 4.69) is 51.9 Å². The predicted octanol–water partition coefficient (Wildman–Crippen LogP) is 7.56. The van der Waals surface area contributed by atoms with Gasteiger partial charge in [-0.05, 0) is 34.6 Å². The van der Waals surface area contributed by atoms with Gasteiger partial charge in [-0.15, -0.1) is 0 Å². The van der Waals surface area contributed by atoms with Gasteiger partial charge in [-0.2, -0.15) is 5.10 Å². The van der Waals surface area contributed by atoms with Crippen molar-refractivity contribution in [2.24, 2.45) is 11.0 Å². The first-order valence-electron chi connectivity index (χ1n) is 11.6. The topological polar surface area (TPSA) is 52.9 Å². The number of nitrogens with zero attached hydrogens (tertiary/aromatic N) is 2. The molecule has 178 valence electrons. The summed E-state index contributed by atoms with van der Waals surface area (Å²) in [6.45, 7) is 24.3. The van der Waals surface area contributed by atoms with Crippen LogP contribution in [-0.4, -0.2) is 34.4 Å². The Labute approximate surface area is 188 Å². The molecule has 30 heavy (non-hydrogen) atoms. The van der Waals surface area contributed by atoms with E-state index in [1.54, 1.807) is 0 Å². The summed E-state index contributed by atoms with van der Waals surface area (Å²) in [5, 5.41) is 15.2. The lowest BCUT2D eigenvalue weighted by molar-refractivity contribution is -0.121. The monoisotopic (exact) mass is 424 g/mol. The highest BCUT2D eigenvalue weighted by molar-refractivity contribution is 5.85. The smallest absolute Gasteiger partial charge is 0.150 e. The van der Waals surface area contributed by atoms with Crippen LogP contribution in [0.3, 0.4) is 0 Å². The fourth-order valence-corrected chi connectivity index (χ4v) is 1.91. The van der Waals surface area contributed by atoms with Crippen LogP contribution in [0.2, 0.25) is 0 Å². The van der Waals surface area contributed by atoms with Gasteiger partial charge in [0.1, 0.15) is 6.23 Å². The van der Waals surface area contributed by atoms with Crippen LogP contribution in [0.5, 0.6) is 0 Å². The Hall–Kier alpha value is -1.68. The number of ketones is 1. The number of carbonyl (C=O) groups is 1. The first-order chi connectivity index (χ1) is 14.1. The Balaban J connectivity index is -0.000000173. The Bertz CT molecular complexity index is 489. The summed E-state index contributed by atoms with van der Waals surface area (Å²) in [7, 11) is 0. The number of rotatable bonds is 4. The van der Waals surface area contributed by atoms with E-state index >= 15 is 0 Å². The molecule has 0 aromatic carbocycles. The van der Waals surface area contributed by atoms with Crippen molar-refractivity contribution in [2.45, 2.75) is 109 Å². The fourth-order valence-electron chi connectivity index (χ4n) is 1.91. The van der Waals surface area contributed by atoms with Crippen LogP contribution < -0.4 is 0 Å². The second-order valence-corrected chi connectivity index (χ2v) is 7.01. The van der Waals surface area contributed by atoms with Crippen molar-refractivity contribution in [1.29, 1.82) is 0 Å². The van der Waals surface area contributed by atoms with Crippen molar-refractivity contribution in [2.75, 3.05) is 6.54 Å². The Kier molecular flexibility index (Phi) is 32.5. The molecular formula is C26H52N2O2. The molecule has 4 heteroatoms. The van der Waals surface area contributed by atoms with E-state index in [0.29, 0.717) is 12.3 Å². The molecule has 0 radical (unpaired) electrons. The molecule has 0 saturated carbocycles. The number of hydrogen-bond donors (Lipinski definition) is 1. The first-order valence-corrected chi connectivity index (χ1v) is 11.6. The van der Waals surface area contributed by atoms with Crippen molar-refractivity contribution in [3.05, 3.63) is 36.0 Å². The SMILES string of the molecule is C/C=C/C=C(C)\C=C\C.CC.CC(=O)CN1N=C(C)C(C)CC1O.CCC.CCC. The third kappa shape index (κ3) is 26.3. The zero-order valence-electron chi connectivity index (χ0n) is 22.1.